The minimum absolute atomic E-state index is 0.0246. The first-order valence-electron chi connectivity index (χ1n) is 6.94. The summed E-state index contributed by atoms with van der Waals surface area (Å²) in [4.78, 5) is 12.3. The Labute approximate surface area is 127 Å². The molecule has 0 amide bonds. The van der Waals surface area contributed by atoms with Crippen LogP contribution in [0.5, 0.6) is 11.5 Å². The van der Waals surface area contributed by atoms with Crippen molar-refractivity contribution in [1.82, 2.24) is 0 Å². The van der Waals surface area contributed by atoms with Gasteiger partial charge in [0.05, 0.1) is 5.39 Å². The van der Waals surface area contributed by atoms with Crippen LogP contribution in [0.25, 0.3) is 16.5 Å². The molecule has 4 heteroatoms. The largest absolute Gasteiger partial charge is 0.504 e. The van der Waals surface area contributed by atoms with Gasteiger partial charge in [-0.1, -0.05) is 24.1 Å². The molecular weight excluding hydrogens is 280 g/mol. The smallest absolute Gasteiger partial charge is 0.205 e. The van der Waals surface area contributed by atoms with Crippen molar-refractivity contribution < 1.29 is 14.3 Å². The SMILES string of the molecule is C#CCOc1c(O)ccc2c(=O)cc(C3=CCCC=C3)oc12. The van der Waals surface area contributed by atoms with Crippen molar-refractivity contribution in [3.8, 4) is 23.8 Å². The standard InChI is InChI=1S/C18H14O4/c1-2-10-21-18-14(19)9-8-13-15(20)11-16(22-17(13)18)12-6-4-3-5-7-12/h1,4,6-9,11,19H,3,5,10H2. The monoisotopic (exact) mass is 294 g/mol. The molecule has 1 heterocycles. The van der Waals surface area contributed by atoms with Gasteiger partial charge >= 0.3 is 0 Å². The molecule has 1 N–H and O–H groups in total. The predicted molar refractivity (Wildman–Crippen MR) is 84.8 cm³/mol. The molecule has 4 nitrogen and oxygen atoms in total. The summed E-state index contributed by atoms with van der Waals surface area (Å²) in [5, 5.41) is 10.3. The lowest BCUT2D eigenvalue weighted by Gasteiger charge is -2.11. The summed E-state index contributed by atoms with van der Waals surface area (Å²) >= 11 is 0. The molecule has 0 unspecified atom stereocenters. The van der Waals surface area contributed by atoms with E-state index in [2.05, 4.69) is 5.92 Å². The van der Waals surface area contributed by atoms with Crippen molar-refractivity contribution in [3.63, 3.8) is 0 Å². The zero-order valence-electron chi connectivity index (χ0n) is 11.8. The minimum atomic E-state index is -0.193. The lowest BCUT2D eigenvalue weighted by molar-refractivity contribution is 0.339. The summed E-state index contributed by atoms with van der Waals surface area (Å²) in [7, 11) is 0. The first kappa shape index (κ1) is 14.0. The molecule has 0 saturated heterocycles. The van der Waals surface area contributed by atoms with Crippen LogP contribution in [0.15, 0.2) is 45.6 Å². The van der Waals surface area contributed by atoms with E-state index in [1.165, 1.54) is 18.2 Å². The molecule has 22 heavy (non-hydrogen) atoms. The molecular formula is C18H14O4. The Hall–Kier alpha value is -2.93. The molecule has 1 aliphatic carbocycles. The summed E-state index contributed by atoms with van der Waals surface area (Å²) in [5.74, 6) is 2.75. The molecule has 0 bridgehead atoms. The van der Waals surface area contributed by atoms with Crippen LogP contribution >= 0.6 is 0 Å². The average Bonchev–Trinajstić information content (AvgIpc) is 2.54. The molecule has 2 aromatic rings. The number of fused-ring (bicyclic) bond motifs is 1. The van der Waals surface area contributed by atoms with Gasteiger partial charge in [0, 0.05) is 11.6 Å². The maximum absolute atomic E-state index is 12.3. The summed E-state index contributed by atoms with van der Waals surface area (Å²) in [6, 6.07) is 4.35. The van der Waals surface area contributed by atoms with E-state index in [1.54, 1.807) is 0 Å². The van der Waals surface area contributed by atoms with Crippen molar-refractivity contribution >= 4 is 16.5 Å². The van der Waals surface area contributed by atoms with Crippen LogP contribution in [0.2, 0.25) is 0 Å². The van der Waals surface area contributed by atoms with Crippen LogP contribution in [0, 0.1) is 12.3 Å². The van der Waals surface area contributed by atoms with E-state index >= 15 is 0 Å². The predicted octanol–water partition coefficient (Wildman–Crippen LogP) is 3.24. The number of phenolic OH excluding ortho intramolecular Hbond substituents is 1. The third kappa shape index (κ3) is 2.49. The zero-order valence-corrected chi connectivity index (χ0v) is 11.8. The van der Waals surface area contributed by atoms with Gasteiger partial charge in [-0.25, -0.2) is 0 Å². The second-order valence-corrected chi connectivity index (χ2v) is 4.90. The molecule has 0 saturated carbocycles. The van der Waals surface area contributed by atoms with Gasteiger partial charge in [-0.2, -0.15) is 0 Å². The number of allylic oxidation sites excluding steroid dienone is 4. The van der Waals surface area contributed by atoms with E-state index < -0.39 is 0 Å². The maximum atomic E-state index is 12.3. The summed E-state index contributed by atoms with van der Waals surface area (Å²) in [6.45, 7) is -0.0246. The average molecular weight is 294 g/mol. The molecule has 1 aromatic heterocycles. The van der Waals surface area contributed by atoms with Crippen LogP contribution < -0.4 is 10.2 Å². The third-order valence-corrected chi connectivity index (χ3v) is 3.41. The number of ether oxygens (including phenoxy) is 1. The molecule has 1 aromatic carbocycles. The fraction of sp³-hybridized carbons (Fsp3) is 0.167. The first-order chi connectivity index (χ1) is 10.7. The number of aromatic hydroxyl groups is 1. The zero-order chi connectivity index (χ0) is 15.5. The van der Waals surface area contributed by atoms with E-state index in [-0.39, 0.29) is 29.1 Å². The second kappa shape index (κ2) is 5.82. The number of terminal acetylenes is 1. The quantitative estimate of drug-likeness (QED) is 0.883. The molecule has 1 aliphatic rings. The molecule has 0 spiro atoms. The molecule has 0 radical (unpaired) electrons. The lowest BCUT2D eigenvalue weighted by Crippen LogP contribution is -2.04. The Morgan fingerprint density at radius 2 is 2.23 bits per heavy atom. The van der Waals surface area contributed by atoms with Crippen molar-refractivity contribution in [3.05, 3.63) is 52.4 Å². The van der Waals surface area contributed by atoms with E-state index in [4.69, 9.17) is 15.6 Å². The van der Waals surface area contributed by atoms with Gasteiger partial charge in [0.15, 0.2) is 16.8 Å². The summed E-state index contributed by atoms with van der Waals surface area (Å²) in [5.41, 5.74) is 0.857. The molecule has 110 valence electrons. The summed E-state index contributed by atoms with van der Waals surface area (Å²) in [6.07, 6.45) is 13.0. The fourth-order valence-electron chi connectivity index (χ4n) is 2.38. The normalized spacial score (nSPS) is 13.7. The Balaban J connectivity index is 2.22. The fourth-order valence-corrected chi connectivity index (χ4v) is 2.38. The van der Waals surface area contributed by atoms with Gasteiger partial charge in [-0.05, 0) is 25.0 Å². The van der Waals surface area contributed by atoms with Crippen molar-refractivity contribution in [1.29, 1.82) is 0 Å². The van der Waals surface area contributed by atoms with Gasteiger partial charge in [-0.3, -0.25) is 4.79 Å². The molecule has 0 fully saturated rings. The van der Waals surface area contributed by atoms with Crippen molar-refractivity contribution in [2.45, 2.75) is 12.8 Å². The Morgan fingerprint density at radius 1 is 1.36 bits per heavy atom. The molecule has 0 atom stereocenters. The van der Waals surface area contributed by atoms with Crippen LogP contribution in [0.4, 0.5) is 0 Å². The van der Waals surface area contributed by atoms with Crippen molar-refractivity contribution in [2.75, 3.05) is 6.61 Å². The third-order valence-electron chi connectivity index (χ3n) is 3.41. The first-order valence-corrected chi connectivity index (χ1v) is 6.94. The Kier molecular flexibility index (Phi) is 3.71. The highest BCUT2D eigenvalue weighted by molar-refractivity contribution is 5.86. The van der Waals surface area contributed by atoms with Crippen LogP contribution in [0.1, 0.15) is 18.6 Å². The number of benzene rings is 1. The van der Waals surface area contributed by atoms with Crippen molar-refractivity contribution in [2.24, 2.45) is 0 Å². The van der Waals surface area contributed by atoms with Crippen LogP contribution in [0.3, 0.4) is 0 Å². The molecule has 3 rings (SSSR count). The Morgan fingerprint density at radius 3 is 2.95 bits per heavy atom. The van der Waals surface area contributed by atoms with E-state index in [0.29, 0.717) is 11.1 Å². The lowest BCUT2D eigenvalue weighted by atomic mass is 10.0. The summed E-state index contributed by atoms with van der Waals surface area (Å²) < 4.78 is 11.2. The van der Waals surface area contributed by atoms with Gasteiger partial charge in [0.1, 0.15) is 12.4 Å². The number of rotatable bonds is 3. The van der Waals surface area contributed by atoms with E-state index in [1.807, 2.05) is 18.2 Å². The highest BCUT2D eigenvalue weighted by Gasteiger charge is 2.15. The Bertz CT molecular complexity index is 878. The van der Waals surface area contributed by atoms with Crippen LogP contribution in [-0.2, 0) is 0 Å². The number of hydrogen-bond acceptors (Lipinski definition) is 4. The number of phenols is 1. The topological polar surface area (TPSA) is 59.7 Å². The molecule has 0 aliphatic heterocycles. The van der Waals surface area contributed by atoms with E-state index in [0.717, 1.165) is 18.4 Å². The van der Waals surface area contributed by atoms with Gasteiger partial charge in [0.25, 0.3) is 0 Å². The maximum Gasteiger partial charge on any atom is 0.205 e. The van der Waals surface area contributed by atoms with E-state index in [9.17, 15) is 9.90 Å². The van der Waals surface area contributed by atoms with Gasteiger partial charge in [0.2, 0.25) is 5.75 Å². The highest BCUT2D eigenvalue weighted by atomic mass is 16.5. The number of hydrogen-bond donors (Lipinski definition) is 1. The van der Waals surface area contributed by atoms with Crippen LogP contribution in [-0.4, -0.2) is 11.7 Å². The highest BCUT2D eigenvalue weighted by Crippen LogP contribution is 2.35. The minimum Gasteiger partial charge on any atom is -0.504 e. The van der Waals surface area contributed by atoms with Gasteiger partial charge in [-0.15, -0.1) is 6.42 Å². The van der Waals surface area contributed by atoms with Gasteiger partial charge < -0.3 is 14.3 Å². The second-order valence-electron chi connectivity index (χ2n) is 4.90.